The van der Waals surface area contributed by atoms with Gasteiger partial charge in [0.05, 0.1) is 20.9 Å². The van der Waals surface area contributed by atoms with Crippen LogP contribution in [0, 0.1) is 0 Å². The van der Waals surface area contributed by atoms with Crippen LogP contribution in [0.2, 0.25) is 0 Å². The number of alkyl carbamates (subject to hydrolysis) is 1. The Balaban J connectivity index is 1.50. The second-order valence-corrected chi connectivity index (χ2v) is 12.3. The molecule has 4 rings (SSSR count). The summed E-state index contributed by atoms with van der Waals surface area (Å²) in [5, 5.41) is 7.05. The summed E-state index contributed by atoms with van der Waals surface area (Å²) in [6.45, 7) is 4.82. The van der Waals surface area contributed by atoms with E-state index in [2.05, 4.69) is 15.6 Å². The fourth-order valence-electron chi connectivity index (χ4n) is 4.66. The van der Waals surface area contributed by atoms with Crippen molar-refractivity contribution in [2.75, 3.05) is 25.5 Å². The molecule has 1 aliphatic heterocycles. The van der Waals surface area contributed by atoms with Crippen LogP contribution < -0.4 is 10.6 Å². The van der Waals surface area contributed by atoms with Gasteiger partial charge in [-0.25, -0.2) is 18.2 Å². The fourth-order valence-corrected chi connectivity index (χ4v) is 7.60. The van der Waals surface area contributed by atoms with E-state index in [1.165, 1.54) is 0 Å². The Labute approximate surface area is 206 Å². The van der Waals surface area contributed by atoms with Crippen molar-refractivity contribution in [3.05, 3.63) is 29.4 Å². The molecule has 1 aromatic heterocycles. The predicted octanol–water partition coefficient (Wildman–Crippen LogP) is 4.80. The number of hydrogen-bond acceptors (Lipinski definition) is 7. The van der Waals surface area contributed by atoms with Crippen molar-refractivity contribution in [1.82, 2.24) is 14.6 Å². The Bertz CT molecular complexity index is 1100. The summed E-state index contributed by atoms with van der Waals surface area (Å²) in [5.41, 5.74) is 1.48. The molecule has 0 spiro atoms. The molecule has 8 nitrogen and oxygen atoms in total. The van der Waals surface area contributed by atoms with Crippen molar-refractivity contribution in [1.29, 1.82) is 0 Å². The Hall–Kier alpha value is -2.17. The Morgan fingerprint density at radius 3 is 2.53 bits per heavy atom. The molecule has 1 saturated carbocycles. The second-order valence-electron chi connectivity index (χ2n) is 9.28. The van der Waals surface area contributed by atoms with Gasteiger partial charge in [-0.3, -0.25) is 0 Å². The number of aromatic nitrogens is 1. The molecule has 1 saturated heterocycles. The Kier molecular flexibility index (Phi) is 7.79. The standard InChI is InChI=1S/C24H34N4O4S2/c1-16(2)32-24(29)27-18-8-6-17(7-9-18)23-26-15-21(33-23)20-11-10-19(25-3)14-22(20)34(30,31)28-12-4-5-13-28/h10-11,14-18,25H,4-9,12-13H2,1-3H3,(H,27,29). The first-order valence-electron chi connectivity index (χ1n) is 12.0. The largest absolute Gasteiger partial charge is 0.447 e. The number of carbonyl (C=O) groups is 1. The molecule has 10 heteroatoms. The average molecular weight is 507 g/mol. The van der Waals surface area contributed by atoms with Crippen LogP contribution in [0.25, 0.3) is 10.4 Å². The van der Waals surface area contributed by atoms with Crippen molar-refractivity contribution in [3.8, 4) is 10.4 Å². The van der Waals surface area contributed by atoms with Gasteiger partial charge in [-0.15, -0.1) is 11.3 Å². The van der Waals surface area contributed by atoms with Gasteiger partial charge in [0.25, 0.3) is 0 Å². The number of thiazole rings is 1. The maximum Gasteiger partial charge on any atom is 0.407 e. The van der Waals surface area contributed by atoms with Crippen LogP contribution in [0.1, 0.15) is 63.3 Å². The Morgan fingerprint density at radius 2 is 1.88 bits per heavy atom. The van der Waals surface area contributed by atoms with Crippen LogP contribution in [0.5, 0.6) is 0 Å². The third kappa shape index (κ3) is 5.55. The first kappa shape index (κ1) is 24.9. The van der Waals surface area contributed by atoms with Crippen molar-refractivity contribution in [2.45, 2.75) is 75.3 Å². The lowest BCUT2D eigenvalue weighted by Crippen LogP contribution is -2.38. The summed E-state index contributed by atoms with van der Waals surface area (Å²) in [4.78, 5) is 17.8. The van der Waals surface area contributed by atoms with Gasteiger partial charge in [0.1, 0.15) is 0 Å². The number of anilines is 1. The minimum Gasteiger partial charge on any atom is -0.447 e. The highest BCUT2D eigenvalue weighted by atomic mass is 32.2. The van der Waals surface area contributed by atoms with Crippen molar-refractivity contribution in [2.24, 2.45) is 0 Å². The number of carbonyl (C=O) groups excluding carboxylic acids is 1. The minimum absolute atomic E-state index is 0.119. The number of nitrogens with zero attached hydrogens (tertiary/aromatic N) is 2. The molecule has 1 aliphatic carbocycles. The van der Waals surface area contributed by atoms with Gasteiger partial charge in [0.15, 0.2) is 0 Å². The van der Waals surface area contributed by atoms with Crippen molar-refractivity contribution < 1.29 is 17.9 Å². The molecule has 0 bridgehead atoms. The molecule has 2 aliphatic rings. The van der Waals surface area contributed by atoms with E-state index in [0.717, 1.165) is 54.1 Å². The first-order valence-corrected chi connectivity index (χ1v) is 14.3. The SMILES string of the molecule is CNc1ccc(-c2cnc(C3CCC(NC(=O)OC(C)C)CC3)s2)c(S(=O)(=O)N2CCCC2)c1. The monoisotopic (exact) mass is 506 g/mol. The summed E-state index contributed by atoms with van der Waals surface area (Å²) in [6, 6.07) is 5.64. The third-order valence-electron chi connectivity index (χ3n) is 6.48. The molecular formula is C24H34N4O4S2. The molecule has 2 N–H and O–H groups in total. The number of sulfonamides is 1. The highest BCUT2D eigenvalue weighted by molar-refractivity contribution is 7.89. The van der Waals surface area contributed by atoms with Crippen LogP contribution in [0.3, 0.4) is 0 Å². The maximum absolute atomic E-state index is 13.4. The van der Waals surface area contributed by atoms with Gasteiger partial charge in [-0.1, -0.05) is 6.07 Å². The highest BCUT2D eigenvalue weighted by Crippen LogP contribution is 2.40. The van der Waals surface area contributed by atoms with Crippen molar-refractivity contribution >= 4 is 33.1 Å². The lowest BCUT2D eigenvalue weighted by molar-refractivity contribution is 0.109. The van der Waals surface area contributed by atoms with E-state index >= 15 is 0 Å². The maximum atomic E-state index is 13.4. The molecule has 0 radical (unpaired) electrons. The number of rotatable bonds is 7. The van der Waals surface area contributed by atoms with Crippen LogP contribution in [-0.4, -0.2) is 56.1 Å². The number of amides is 1. The summed E-state index contributed by atoms with van der Waals surface area (Å²) in [7, 11) is -1.78. The van der Waals surface area contributed by atoms with E-state index in [1.54, 1.807) is 28.8 Å². The fraction of sp³-hybridized carbons (Fsp3) is 0.583. The van der Waals surface area contributed by atoms with Gasteiger partial charge in [0.2, 0.25) is 10.0 Å². The molecule has 2 heterocycles. The zero-order valence-corrected chi connectivity index (χ0v) is 21.7. The first-order chi connectivity index (χ1) is 16.3. The highest BCUT2D eigenvalue weighted by Gasteiger charge is 2.31. The predicted molar refractivity (Wildman–Crippen MR) is 135 cm³/mol. The van der Waals surface area contributed by atoms with Gasteiger partial charge in [-0.2, -0.15) is 4.31 Å². The summed E-state index contributed by atoms with van der Waals surface area (Å²) >= 11 is 1.58. The van der Waals surface area contributed by atoms with Gasteiger partial charge >= 0.3 is 6.09 Å². The van der Waals surface area contributed by atoms with Crippen LogP contribution >= 0.6 is 11.3 Å². The van der Waals surface area contributed by atoms with Gasteiger partial charge < -0.3 is 15.4 Å². The number of hydrogen-bond donors (Lipinski definition) is 2. The van der Waals surface area contributed by atoms with E-state index in [0.29, 0.717) is 29.5 Å². The minimum atomic E-state index is -3.57. The normalized spacial score (nSPS) is 21.5. The summed E-state index contributed by atoms with van der Waals surface area (Å²) in [6.07, 6.45) is 6.72. The Morgan fingerprint density at radius 1 is 1.18 bits per heavy atom. The molecule has 186 valence electrons. The molecule has 1 aromatic carbocycles. The van der Waals surface area contributed by atoms with E-state index in [-0.39, 0.29) is 18.2 Å². The van der Waals surface area contributed by atoms with E-state index in [9.17, 15) is 13.2 Å². The third-order valence-corrected chi connectivity index (χ3v) is 9.61. The zero-order valence-electron chi connectivity index (χ0n) is 20.0. The molecule has 2 fully saturated rings. The van der Waals surface area contributed by atoms with E-state index in [1.807, 2.05) is 32.2 Å². The average Bonchev–Trinajstić information content (AvgIpc) is 3.51. The molecule has 1 amide bonds. The summed E-state index contributed by atoms with van der Waals surface area (Å²) < 4.78 is 33.6. The molecule has 0 unspecified atom stereocenters. The van der Waals surface area contributed by atoms with Gasteiger partial charge in [-0.05, 0) is 64.5 Å². The van der Waals surface area contributed by atoms with E-state index in [4.69, 9.17) is 4.74 Å². The smallest absolute Gasteiger partial charge is 0.407 e. The molecule has 0 atom stereocenters. The lowest BCUT2D eigenvalue weighted by atomic mass is 9.86. The summed E-state index contributed by atoms with van der Waals surface area (Å²) in [5.74, 6) is 0.313. The number of ether oxygens (including phenoxy) is 1. The molecule has 34 heavy (non-hydrogen) atoms. The van der Waals surface area contributed by atoms with Crippen LogP contribution in [0.4, 0.5) is 10.5 Å². The second kappa shape index (κ2) is 10.6. The van der Waals surface area contributed by atoms with Crippen molar-refractivity contribution in [3.63, 3.8) is 0 Å². The zero-order chi connectivity index (χ0) is 24.3. The van der Waals surface area contributed by atoms with E-state index < -0.39 is 10.0 Å². The van der Waals surface area contributed by atoms with Crippen LogP contribution in [-0.2, 0) is 14.8 Å². The molecular weight excluding hydrogens is 472 g/mol. The molecule has 2 aromatic rings. The van der Waals surface area contributed by atoms with Crippen LogP contribution in [0.15, 0.2) is 29.3 Å². The number of nitrogens with one attached hydrogen (secondary N) is 2. The lowest BCUT2D eigenvalue weighted by Gasteiger charge is -2.28. The van der Waals surface area contributed by atoms with Gasteiger partial charge in [0, 0.05) is 49.5 Å². The topological polar surface area (TPSA) is 101 Å². The number of benzene rings is 1. The quantitative estimate of drug-likeness (QED) is 0.560.